The predicted molar refractivity (Wildman–Crippen MR) is 139 cm³/mol. The highest BCUT2D eigenvalue weighted by Crippen LogP contribution is 2.45. The van der Waals surface area contributed by atoms with Gasteiger partial charge in [0.05, 0.1) is 42.4 Å². The molecule has 3 aliphatic heterocycles. The minimum atomic E-state index is -0.682. The van der Waals surface area contributed by atoms with E-state index in [4.69, 9.17) is 9.47 Å². The Bertz CT molecular complexity index is 1170. The first-order valence-electron chi connectivity index (χ1n) is 12.5. The average molecular weight is 530 g/mol. The third kappa shape index (κ3) is 5.89. The molecule has 1 aromatic rings. The van der Waals surface area contributed by atoms with Crippen molar-refractivity contribution < 1.29 is 28.2 Å². The second kappa shape index (κ2) is 11.5. The van der Waals surface area contributed by atoms with Crippen molar-refractivity contribution in [2.45, 2.75) is 59.1 Å². The number of likely N-dealkylation sites (tertiary alicyclic amines) is 1. The number of carbonyl (C=O) groups excluding carboxylic acids is 3. The zero-order valence-electron chi connectivity index (χ0n) is 21.5. The molecule has 0 bridgehead atoms. The zero-order valence-corrected chi connectivity index (χ0v) is 22.3. The molecule has 3 heterocycles. The van der Waals surface area contributed by atoms with Crippen LogP contribution in [-0.4, -0.2) is 58.6 Å². The Hall–Kier alpha value is -3.14. The molecule has 1 aromatic carbocycles. The van der Waals surface area contributed by atoms with Gasteiger partial charge in [0.25, 0.3) is 0 Å². The van der Waals surface area contributed by atoms with Crippen LogP contribution in [0.4, 0.5) is 4.39 Å². The number of nitrogens with zero attached hydrogens (tertiary/aromatic N) is 3. The number of allylic oxidation sites excluding steroid dienone is 1. The average Bonchev–Trinajstić information content (AvgIpc) is 3.24. The number of hydrogen-bond donors (Lipinski definition) is 0. The molecule has 1 fully saturated rings. The molecule has 0 unspecified atom stereocenters. The number of amidine groups is 1. The first-order valence-corrected chi connectivity index (χ1v) is 13.4. The van der Waals surface area contributed by atoms with Crippen LogP contribution in [0.15, 0.2) is 51.6 Å². The molecule has 198 valence electrons. The summed E-state index contributed by atoms with van der Waals surface area (Å²) in [4.78, 5) is 46.7. The van der Waals surface area contributed by atoms with E-state index >= 15 is 0 Å². The van der Waals surface area contributed by atoms with Crippen molar-refractivity contribution in [2.24, 2.45) is 10.9 Å². The van der Waals surface area contributed by atoms with E-state index in [1.165, 1.54) is 23.9 Å². The minimum absolute atomic E-state index is 0.0778. The van der Waals surface area contributed by atoms with Crippen molar-refractivity contribution in [1.29, 1.82) is 0 Å². The summed E-state index contributed by atoms with van der Waals surface area (Å²) in [5, 5.41) is 2.48. The quantitative estimate of drug-likeness (QED) is 0.479. The lowest BCUT2D eigenvalue weighted by molar-refractivity contribution is -0.151. The molecule has 1 atom stereocenters. The number of benzene rings is 1. The minimum Gasteiger partial charge on any atom is -0.466 e. The van der Waals surface area contributed by atoms with Crippen LogP contribution in [0.5, 0.6) is 0 Å². The first kappa shape index (κ1) is 26.9. The van der Waals surface area contributed by atoms with E-state index in [2.05, 4.69) is 4.99 Å². The van der Waals surface area contributed by atoms with Gasteiger partial charge in [-0.2, -0.15) is 0 Å². The molecule has 4 rings (SSSR count). The maximum absolute atomic E-state index is 14.3. The van der Waals surface area contributed by atoms with Gasteiger partial charge in [0, 0.05) is 18.8 Å². The molecule has 1 amide bonds. The topological polar surface area (TPSA) is 88.5 Å². The van der Waals surface area contributed by atoms with Gasteiger partial charge in [0.1, 0.15) is 5.82 Å². The smallest absolute Gasteiger partial charge is 0.338 e. The summed E-state index contributed by atoms with van der Waals surface area (Å²) in [6, 6.07) is 5.42. The van der Waals surface area contributed by atoms with Crippen LogP contribution in [0, 0.1) is 11.7 Å². The number of carbonyl (C=O) groups is 3. The number of hydrogen-bond acceptors (Lipinski definition) is 8. The Labute approximate surface area is 220 Å². The summed E-state index contributed by atoms with van der Waals surface area (Å²) >= 11 is 1.37. The Morgan fingerprint density at radius 1 is 1.22 bits per heavy atom. The highest BCUT2D eigenvalue weighted by atomic mass is 32.2. The summed E-state index contributed by atoms with van der Waals surface area (Å²) in [7, 11) is 0. The number of ether oxygens (including phenoxy) is 2. The van der Waals surface area contributed by atoms with Gasteiger partial charge in [0.2, 0.25) is 5.91 Å². The summed E-state index contributed by atoms with van der Waals surface area (Å²) in [5.74, 6) is -1.42. The normalized spacial score (nSPS) is 20.0. The summed E-state index contributed by atoms with van der Waals surface area (Å²) < 4.78 is 24.9. The van der Waals surface area contributed by atoms with Crippen LogP contribution >= 0.6 is 11.8 Å². The molecule has 0 saturated carbocycles. The van der Waals surface area contributed by atoms with Gasteiger partial charge in [-0.15, -0.1) is 0 Å². The molecule has 10 heteroatoms. The maximum Gasteiger partial charge on any atom is 0.338 e. The van der Waals surface area contributed by atoms with E-state index in [0.29, 0.717) is 60.2 Å². The van der Waals surface area contributed by atoms with Crippen molar-refractivity contribution in [3.05, 3.63) is 58.0 Å². The number of thioether (sulfide) groups is 1. The van der Waals surface area contributed by atoms with Gasteiger partial charge in [-0.1, -0.05) is 23.9 Å². The molecule has 1 saturated heterocycles. The number of halogens is 1. The standard InChI is InChI=1S/C27H32FN3O5S/c1-5-35-25(33)18-9-11-30(12-10-18)22(32)14-21-15-37-27-29-17(4)23(26(34)36-16(2)3)24(31(21)27)19-7-6-8-20(28)13-19/h6-8,13,15-16,18,24H,5,9-12,14H2,1-4H3/t24-/m1/s1. The van der Waals surface area contributed by atoms with E-state index < -0.39 is 17.8 Å². The van der Waals surface area contributed by atoms with E-state index in [1.807, 2.05) is 10.3 Å². The summed E-state index contributed by atoms with van der Waals surface area (Å²) in [6.07, 6.45) is 0.878. The number of aliphatic imine (C=N–C) groups is 1. The van der Waals surface area contributed by atoms with Crippen molar-refractivity contribution in [2.75, 3.05) is 19.7 Å². The van der Waals surface area contributed by atoms with Crippen molar-refractivity contribution in [3.8, 4) is 0 Å². The maximum atomic E-state index is 14.3. The van der Waals surface area contributed by atoms with Crippen molar-refractivity contribution >= 4 is 34.8 Å². The van der Waals surface area contributed by atoms with Gasteiger partial charge in [-0.25, -0.2) is 14.2 Å². The number of esters is 2. The highest BCUT2D eigenvalue weighted by molar-refractivity contribution is 8.16. The van der Waals surface area contributed by atoms with Crippen molar-refractivity contribution in [3.63, 3.8) is 0 Å². The Morgan fingerprint density at radius 3 is 2.59 bits per heavy atom. The molecular weight excluding hydrogens is 497 g/mol. The SMILES string of the molecule is CCOC(=O)C1CCN(C(=O)CC2=CSC3=NC(C)=C(C(=O)OC(C)C)[C@@H](c4cccc(F)c4)N23)CC1. The Kier molecular flexibility index (Phi) is 8.36. The summed E-state index contributed by atoms with van der Waals surface area (Å²) in [6.45, 7) is 8.35. The number of rotatable bonds is 7. The van der Waals surface area contributed by atoms with Crippen molar-refractivity contribution in [1.82, 2.24) is 9.80 Å². The second-order valence-corrected chi connectivity index (χ2v) is 10.3. The first-order chi connectivity index (χ1) is 17.7. The third-order valence-corrected chi connectivity index (χ3v) is 7.42. The molecule has 8 nitrogen and oxygen atoms in total. The number of amides is 1. The van der Waals surface area contributed by atoms with Crippen LogP contribution in [-0.2, 0) is 23.9 Å². The molecule has 0 N–H and O–H groups in total. The van der Waals surface area contributed by atoms with Gasteiger partial charge in [-0.3, -0.25) is 9.59 Å². The van der Waals surface area contributed by atoms with E-state index in [0.717, 1.165) is 0 Å². The molecular formula is C27H32FN3O5S. The van der Waals surface area contributed by atoms with Gasteiger partial charge in [-0.05, 0) is 63.6 Å². The lowest BCUT2D eigenvalue weighted by Gasteiger charge is -2.37. The lowest BCUT2D eigenvalue weighted by Crippen LogP contribution is -2.42. The highest BCUT2D eigenvalue weighted by Gasteiger charge is 2.42. The number of fused-ring (bicyclic) bond motifs is 1. The van der Waals surface area contributed by atoms with Crippen LogP contribution < -0.4 is 0 Å². The van der Waals surface area contributed by atoms with E-state index in [9.17, 15) is 18.8 Å². The van der Waals surface area contributed by atoms with Crippen LogP contribution in [0.25, 0.3) is 0 Å². The third-order valence-electron chi connectivity index (χ3n) is 6.53. The Balaban J connectivity index is 1.57. The fourth-order valence-corrected chi connectivity index (χ4v) is 5.76. The van der Waals surface area contributed by atoms with Crippen LogP contribution in [0.1, 0.15) is 58.6 Å². The van der Waals surface area contributed by atoms with Crippen LogP contribution in [0.3, 0.4) is 0 Å². The largest absolute Gasteiger partial charge is 0.466 e. The van der Waals surface area contributed by atoms with E-state index in [-0.39, 0.29) is 30.3 Å². The lowest BCUT2D eigenvalue weighted by atomic mass is 9.93. The zero-order chi connectivity index (χ0) is 26.7. The molecule has 0 aliphatic carbocycles. The molecule has 0 radical (unpaired) electrons. The van der Waals surface area contributed by atoms with E-state index in [1.54, 1.807) is 44.7 Å². The second-order valence-electron chi connectivity index (χ2n) is 9.49. The summed E-state index contributed by atoms with van der Waals surface area (Å²) in [5.41, 5.74) is 2.07. The van der Waals surface area contributed by atoms with Gasteiger partial charge < -0.3 is 19.3 Å². The monoisotopic (exact) mass is 529 g/mol. The molecule has 0 aromatic heterocycles. The molecule has 3 aliphatic rings. The van der Waals surface area contributed by atoms with Crippen LogP contribution in [0.2, 0.25) is 0 Å². The molecule has 37 heavy (non-hydrogen) atoms. The van der Waals surface area contributed by atoms with Gasteiger partial charge in [0.15, 0.2) is 5.17 Å². The fraction of sp³-hybridized carbons (Fsp3) is 0.481. The predicted octanol–water partition coefficient (Wildman–Crippen LogP) is 4.54. The fourth-order valence-electron chi connectivity index (χ4n) is 4.79. The number of piperidine rings is 1. The molecule has 0 spiro atoms. The Morgan fingerprint density at radius 2 is 1.95 bits per heavy atom. The van der Waals surface area contributed by atoms with Gasteiger partial charge >= 0.3 is 11.9 Å².